The molecule has 96 valence electrons. The van der Waals surface area contributed by atoms with Gasteiger partial charge in [-0.3, -0.25) is 9.88 Å². The molecule has 0 fully saturated rings. The number of aromatic nitrogens is 1. The fourth-order valence-corrected chi connectivity index (χ4v) is 2.16. The van der Waals surface area contributed by atoms with Crippen LogP contribution in [0.4, 0.5) is 0 Å². The van der Waals surface area contributed by atoms with Gasteiger partial charge in [-0.1, -0.05) is 26.3 Å². The molecule has 1 unspecified atom stereocenters. The summed E-state index contributed by atoms with van der Waals surface area (Å²) in [6.45, 7) is 9.30. The maximum Gasteiger partial charge on any atom is 0.0543 e. The average molecular weight is 235 g/mol. The second kappa shape index (κ2) is 6.72. The van der Waals surface area contributed by atoms with E-state index in [-0.39, 0.29) is 5.54 Å². The SMILES string of the molecule is CCCC(C)(N)CN(CC)Cc1ccccn1. The molecule has 3 heteroatoms. The zero-order chi connectivity index (χ0) is 12.7. The molecule has 0 radical (unpaired) electrons. The summed E-state index contributed by atoms with van der Waals surface area (Å²) in [5.74, 6) is 0. The van der Waals surface area contributed by atoms with Gasteiger partial charge in [0.15, 0.2) is 0 Å². The molecule has 1 heterocycles. The van der Waals surface area contributed by atoms with Crippen LogP contribution < -0.4 is 5.73 Å². The quantitative estimate of drug-likeness (QED) is 0.789. The van der Waals surface area contributed by atoms with Crippen LogP contribution in [0.1, 0.15) is 39.3 Å². The molecule has 0 aliphatic heterocycles. The van der Waals surface area contributed by atoms with Crippen molar-refractivity contribution in [2.45, 2.75) is 45.7 Å². The van der Waals surface area contributed by atoms with Gasteiger partial charge in [0.1, 0.15) is 0 Å². The highest BCUT2D eigenvalue weighted by Crippen LogP contribution is 2.12. The van der Waals surface area contributed by atoms with Gasteiger partial charge >= 0.3 is 0 Å². The van der Waals surface area contributed by atoms with Gasteiger partial charge in [0, 0.05) is 24.8 Å². The van der Waals surface area contributed by atoms with Gasteiger partial charge in [-0.2, -0.15) is 0 Å². The summed E-state index contributed by atoms with van der Waals surface area (Å²) >= 11 is 0. The largest absolute Gasteiger partial charge is 0.324 e. The minimum Gasteiger partial charge on any atom is -0.324 e. The fourth-order valence-electron chi connectivity index (χ4n) is 2.16. The topological polar surface area (TPSA) is 42.1 Å². The molecule has 0 bridgehead atoms. The first kappa shape index (κ1) is 14.1. The predicted octanol–water partition coefficient (Wildman–Crippen LogP) is 2.42. The molecular weight excluding hydrogens is 210 g/mol. The van der Waals surface area contributed by atoms with Gasteiger partial charge in [-0.05, 0) is 32.0 Å². The van der Waals surface area contributed by atoms with E-state index in [9.17, 15) is 0 Å². The Hall–Kier alpha value is -0.930. The van der Waals surface area contributed by atoms with Crippen molar-refractivity contribution in [3.05, 3.63) is 30.1 Å². The summed E-state index contributed by atoms with van der Waals surface area (Å²) in [6, 6.07) is 6.05. The molecule has 1 rings (SSSR count). The van der Waals surface area contributed by atoms with Crippen molar-refractivity contribution in [1.82, 2.24) is 9.88 Å². The van der Waals surface area contributed by atoms with Crippen molar-refractivity contribution in [3.8, 4) is 0 Å². The number of hydrogen-bond donors (Lipinski definition) is 1. The third kappa shape index (κ3) is 5.29. The zero-order valence-corrected chi connectivity index (χ0v) is 11.3. The molecule has 3 nitrogen and oxygen atoms in total. The Morgan fingerprint density at radius 2 is 2.12 bits per heavy atom. The molecule has 0 saturated carbocycles. The molecule has 1 aromatic heterocycles. The van der Waals surface area contributed by atoms with Crippen LogP contribution in [-0.4, -0.2) is 28.5 Å². The molecule has 0 spiro atoms. The molecular formula is C14H25N3. The molecule has 0 amide bonds. The Balaban J connectivity index is 2.55. The van der Waals surface area contributed by atoms with E-state index >= 15 is 0 Å². The van der Waals surface area contributed by atoms with Crippen LogP contribution in [0.5, 0.6) is 0 Å². The number of likely N-dealkylation sites (N-methyl/N-ethyl adjacent to an activating group) is 1. The van der Waals surface area contributed by atoms with E-state index in [1.165, 1.54) is 0 Å². The highest BCUT2D eigenvalue weighted by molar-refractivity contribution is 5.03. The molecule has 0 aromatic carbocycles. The molecule has 2 N–H and O–H groups in total. The van der Waals surface area contributed by atoms with Crippen LogP contribution in [0.2, 0.25) is 0 Å². The molecule has 17 heavy (non-hydrogen) atoms. The summed E-state index contributed by atoms with van der Waals surface area (Å²) in [5.41, 5.74) is 7.31. The van der Waals surface area contributed by atoms with E-state index in [2.05, 4.69) is 36.7 Å². The number of nitrogens with zero attached hydrogens (tertiary/aromatic N) is 2. The number of rotatable bonds is 7. The van der Waals surface area contributed by atoms with E-state index in [4.69, 9.17) is 5.73 Å². The standard InChI is InChI=1S/C14H25N3/c1-4-9-14(3,15)12-17(5-2)11-13-8-6-7-10-16-13/h6-8,10H,4-5,9,11-12,15H2,1-3H3. The Bertz CT molecular complexity index is 309. The minimum absolute atomic E-state index is 0.0977. The van der Waals surface area contributed by atoms with Gasteiger partial charge in [0.2, 0.25) is 0 Å². The van der Waals surface area contributed by atoms with E-state index in [0.29, 0.717) is 0 Å². The van der Waals surface area contributed by atoms with Gasteiger partial charge in [0.05, 0.1) is 5.69 Å². The maximum atomic E-state index is 6.30. The van der Waals surface area contributed by atoms with Crippen molar-refractivity contribution in [2.24, 2.45) is 5.73 Å². The van der Waals surface area contributed by atoms with Crippen LogP contribution in [0.15, 0.2) is 24.4 Å². The van der Waals surface area contributed by atoms with Crippen LogP contribution in [0.3, 0.4) is 0 Å². The lowest BCUT2D eigenvalue weighted by Crippen LogP contribution is -2.47. The Kier molecular flexibility index (Phi) is 5.59. The summed E-state index contributed by atoms with van der Waals surface area (Å²) < 4.78 is 0. The van der Waals surface area contributed by atoms with E-state index in [1.54, 1.807) is 0 Å². The van der Waals surface area contributed by atoms with Crippen molar-refractivity contribution in [2.75, 3.05) is 13.1 Å². The second-order valence-corrected chi connectivity index (χ2v) is 5.03. The fraction of sp³-hybridized carbons (Fsp3) is 0.643. The summed E-state index contributed by atoms with van der Waals surface area (Å²) in [4.78, 5) is 6.72. The van der Waals surface area contributed by atoms with Crippen LogP contribution >= 0.6 is 0 Å². The van der Waals surface area contributed by atoms with E-state index in [0.717, 1.165) is 38.2 Å². The van der Waals surface area contributed by atoms with Crippen LogP contribution in [0.25, 0.3) is 0 Å². The minimum atomic E-state index is -0.0977. The van der Waals surface area contributed by atoms with E-state index < -0.39 is 0 Å². The molecule has 1 atom stereocenters. The number of pyridine rings is 1. The molecule has 0 aliphatic carbocycles. The highest BCUT2D eigenvalue weighted by atomic mass is 15.1. The van der Waals surface area contributed by atoms with Gasteiger partial charge in [-0.15, -0.1) is 0 Å². The maximum absolute atomic E-state index is 6.30. The van der Waals surface area contributed by atoms with Crippen molar-refractivity contribution < 1.29 is 0 Å². The van der Waals surface area contributed by atoms with Crippen LogP contribution in [0, 0.1) is 0 Å². The Labute approximate surface area is 105 Å². The lowest BCUT2D eigenvalue weighted by molar-refractivity contribution is 0.209. The summed E-state index contributed by atoms with van der Waals surface area (Å²) in [7, 11) is 0. The monoisotopic (exact) mass is 235 g/mol. The third-order valence-corrected chi connectivity index (χ3v) is 2.96. The zero-order valence-electron chi connectivity index (χ0n) is 11.3. The van der Waals surface area contributed by atoms with Crippen LogP contribution in [-0.2, 0) is 6.54 Å². The average Bonchev–Trinajstić information content (AvgIpc) is 2.29. The van der Waals surface area contributed by atoms with E-state index in [1.807, 2.05) is 18.3 Å². The Morgan fingerprint density at radius 1 is 1.35 bits per heavy atom. The first-order valence-electron chi connectivity index (χ1n) is 6.48. The Morgan fingerprint density at radius 3 is 2.65 bits per heavy atom. The van der Waals surface area contributed by atoms with Crippen molar-refractivity contribution >= 4 is 0 Å². The van der Waals surface area contributed by atoms with Crippen molar-refractivity contribution in [3.63, 3.8) is 0 Å². The van der Waals surface area contributed by atoms with Gasteiger partial charge in [0.25, 0.3) is 0 Å². The molecule has 0 saturated heterocycles. The van der Waals surface area contributed by atoms with Gasteiger partial charge < -0.3 is 5.73 Å². The normalized spacial score (nSPS) is 14.9. The lowest BCUT2D eigenvalue weighted by atomic mass is 9.97. The van der Waals surface area contributed by atoms with Gasteiger partial charge in [-0.25, -0.2) is 0 Å². The first-order valence-corrected chi connectivity index (χ1v) is 6.48. The van der Waals surface area contributed by atoms with Crippen molar-refractivity contribution in [1.29, 1.82) is 0 Å². The number of nitrogens with two attached hydrogens (primary N) is 1. The summed E-state index contributed by atoms with van der Waals surface area (Å²) in [5, 5.41) is 0. The molecule has 1 aromatic rings. The first-order chi connectivity index (χ1) is 8.07. The third-order valence-electron chi connectivity index (χ3n) is 2.96. The predicted molar refractivity (Wildman–Crippen MR) is 72.7 cm³/mol. The smallest absolute Gasteiger partial charge is 0.0543 e. The second-order valence-electron chi connectivity index (χ2n) is 5.03. The molecule has 0 aliphatic rings. The summed E-state index contributed by atoms with van der Waals surface area (Å²) in [6.07, 6.45) is 4.04. The lowest BCUT2D eigenvalue weighted by Gasteiger charge is -2.31. The number of hydrogen-bond acceptors (Lipinski definition) is 3. The highest BCUT2D eigenvalue weighted by Gasteiger charge is 2.20.